The molecule has 0 heterocycles. The van der Waals surface area contributed by atoms with Gasteiger partial charge in [-0.25, -0.2) is 4.39 Å². The lowest BCUT2D eigenvalue weighted by atomic mass is 9.73. The maximum atomic E-state index is 13.0. The summed E-state index contributed by atoms with van der Waals surface area (Å²) in [5.74, 6) is 0.179. The monoisotopic (exact) mass is 238 g/mol. The van der Waals surface area contributed by atoms with E-state index >= 15 is 0 Å². The van der Waals surface area contributed by atoms with Crippen molar-refractivity contribution in [1.29, 1.82) is 0 Å². The van der Waals surface area contributed by atoms with Crippen molar-refractivity contribution in [2.75, 3.05) is 0 Å². The highest BCUT2D eigenvalue weighted by molar-refractivity contribution is 5.23. The van der Waals surface area contributed by atoms with Crippen LogP contribution in [0.25, 0.3) is 0 Å². The van der Waals surface area contributed by atoms with Gasteiger partial charge in [-0.1, -0.05) is 19.9 Å². The van der Waals surface area contributed by atoms with Gasteiger partial charge in [0.25, 0.3) is 0 Å². The van der Waals surface area contributed by atoms with E-state index in [0.29, 0.717) is 5.75 Å². The molecular weight excluding hydrogens is 219 g/mol. The normalized spacial score (nSPS) is 27.8. The quantitative estimate of drug-likeness (QED) is 0.857. The summed E-state index contributed by atoms with van der Waals surface area (Å²) in [6, 6.07) is 6.07. The van der Waals surface area contributed by atoms with E-state index in [4.69, 9.17) is 4.74 Å². The van der Waals surface area contributed by atoms with Crippen molar-refractivity contribution >= 4 is 0 Å². The Hall–Kier alpha value is -1.09. The van der Waals surface area contributed by atoms with Crippen molar-refractivity contribution < 1.29 is 14.2 Å². The molecule has 1 aliphatic carbocycles. The largest absolute Gasteiger partial charge is 0.488 e. The summed E-state index contributed by atoms with van der Waals surface area (Å²) in [5, 5.41) is 10.2. The van der Waals surface area contributed by atoms with Gasteiger partial charge in [0.2, 0.25) is 0 Å². The Balaban J connectivity index is 2.08. The molecule has 0 aromatic heterocycles. The second-order valence-corrected chi connectivity index (χ2v) is 5.44. The number of ether oxygens (including phenoxy) is 1. The number of rotatable bonds is 2. The third-order valence-electron chi connectivity index (χ3n) is 3.55. The molecule has 2 atom stereocenters. The van der Waals surface area contributed by atoms with Crippen molar-refractivity contribution in [2.45, 2.75) is 45.3 Å². The van der Waals surface area contributed by atoms with Crippen molar-refractivity contribution in [3.8, 4) is 5.75 Å². The van der Waals surface area contributed by atoms with Crippen molar-refractivity contribution in [3.63, 3.8) is 0 Å². The molecule has 1 aromatic rings. The van der Waals surface area contributed by atoms with Gasteiger partial charge in [0, 0.05) is 6.07 Å². The number of benzene rings is 1. The Morgan fingerprint density at radius 2 is 2.18 bits per heavy atom. The highest BCUT2D eigenvalue weighted by atomic mass is 19.1. The standard InChI is InChI=1S/C14H19FO2/c1-14(2)8-4-7-12(13(14)16)17-11-6-3-5-10(15)9-11/h3,5-6,9,12-13,16H,4,7-8H2,1-2H3. The maximum absolute atomic E-state index is 13.0. The first kappa shape index (κ1) is 12.4. The first-order valence-electron chi connectivity index (χ1n) is 6.09. The van der Waals surface area contributed by atoms with E-state index in [9.17, 15) is 9.50 Å². The first-order valence-corrected chi connectivity index (χ1v) is 6.09. The summed E-state index contributed by atoms with van der Waals surface area (Å²) in [4.78, 5) is 0. The average molecular weight is 238 g/mol. The molecule has 0 amide bonds. The summed E-state index contributed by atoms with van der Waals surface area (Å²) in [6.07, 6.45) is 2.11. The predicted molar refractivity (Wildman–Crippen MR) is 64.5 cm³/mol. The van der Waals surface area contributed by atoms with E-state index in [-0.39, 0.29) is 17.3 Å². The van der Waals surface area contributed by atoms with E-state index in [1.54, 1.807) is 12.1 Å². The first-order chi connectivity index (χ1) is 7.99. The van der Waals surface area contributed by atoms with Crippen LogP contribution in [0.3, 0.4) is 0 Å². The minimum absolute atomic E-state index is 0.129. The predicted octanol–water partition coefficient (Wildman–Crippen LogP) is 3.14. The Kier molecular flexibility index (Phi) is 3.38. The van der Waals surface area contributed by atoms with Gasteiger partial charge in [-0.05, 0) is 36.8 Å². The third-order valence-corrected chi connectivity index (χ3v) is 3.55. The number of halogens is 1. The molecule has 1 aliphatic rings. The zero-order chi connectivity index (χ0) is 12.5. The summed E-state index contributed by atoms with van der Waals surface area (Å²) in [6.45, 7) is 4.08. The Morgan fingerprint density at radius 1 is 1.41 bits per heavy atom. The molecule has 2 nitrogen and oxygen atoms in total. The van der Waals surface area contributed by atoms with E-state index < -0.39 is 6.10 Å². The SMILES string of the molecule is CC1(C)CCCC(Oc2cccc(F)c2)C1O. The lowest BCUT2D eigenvalue weighted by Crippen LogP contribution is -2.46. The molecule has 0 spiro atoms. The number of aliphatic hydroxyl groups is 1. The van der Waals surface area contributed by atoms with Gasteiger partial charge in [-0.15, -0.1) is 0 Å². The molecule has 2 unspecified atom stereocenters. The summed E-state index contributed by atoms with van der Waals surface area (Å²) < 4.78 is 18.7. The minimum Gasteiger partial charge on any atom is -0.488 e. The van der Waals surface area contributed by atoms with Crippen LogP contribution in [0.4, 0.5) is 4.39 Å². The van der Waals surface area contributed by atoms with Crippen LogP contribution in [-0.4, -0.2) is 17.3 Å². The molecule has 94 valence electrons. The molecule has 2 rings (SSSR count). The molecule has 1 saturated carbocycles. The third kappa shape index (κ3) is 2.78. The molecular formula is C14H19FO2. The Bertz CT molecular complexity index is 390. The molecule has 3 heteroatoms. The van der Waals surface area contributed by atoms with E-state index in [2.05, 4.69) is 0 Å². The average Bonchev–Trinajstić information content (AvgIpc) is 2.25. The van der Waals surface area contributed by atoms with Gasteiger partial charge in [0.15, 0.2) is 0 Å². The lowest BCUT2D eigenvalue weighted by molar-refractivity contribution is -0.0690. The summed E-state index contributed by atoms with van der Waals surface area (Å²) in [5.41, 5.74) is -0.129. The molecule has 0 aliphatic heterocycles. The number of hydrogen-bond donors (Lipinski definition) is 1. The van der Waals surface area contributed by atoms with Gasteiger partial charge in [0.05, 0.1) is 6.10 Å². The van der Waals surface area contributed by atoms with E-state index in [0.717, 1.165) is 19.3 Å². The van der Waals surface area contributed by atoms with Gasteiger partial charge < -0.3 is 9.84 Å². The van der Waals surface area contributed by atoms with Crippen LogP contribution < -0.4 is 4.74 Å². The van der Waals surface area contributed by atoms with Gasteiger partial charge in [-0.3, -0.25) is 0 Å². The van der Waals surface area contributed by atoms with Crippen LogP contribution >= 0.6 is 0 Å². The van der Waals surface area contributed by atoms with Crippen LogP contribution in [0.1, 0.15) is 33.1 Å². The minimum atomic E-state index is -0.500. The Morgan fingerprint density at radius 3 is 2.88 bits per heavy atom. The fourth-order valence-electron chi connectivity index (χ4n) is 2.41. The highest BCUT2D eigenvalue weighted by Crippen LogP contribution is 2.37. The molecule has 1 fully saturated rings. The Labute approximate surface area is 101 Å². The summed E-state index contributed by atoms with van der Waals surface area (Å²) >= 11 is 0. The van der Waals surface area contributed by atoms with Crippen LogP contribution in [0.5, 0.6) is 5.75 Å². The molecule has 1 aromatic carbocycles. The van der Waals surface area contributed by atoms with Crippen LogP contribution in [0, 0.1) is 11.2 Å². The van der Waals surface area contributed by atoms with Crippen molar-refractivity contribution in [1.82, 2.24) is 0 Å². The summed E-state index contributed by atoms with van der Waals surface area (Å²) in [7, 11) is 0. The van der Waals surface area contributed by atoms with E-state index in [1.807, 2.05) is 13.8 Å². The van der Waals surface area contributed by atoms with Gasteiger partial charge in [-0.2, -0.15) is 0 Å². The number of aliphatic hydroxyl groups excluding tert-OH is 1. The molecule has 0 saturated heterocycles. The fourth-order valence-corrected chi connectivity index (χ4v) is 2.41. The van der Waals surface area contributed by atoms with Crippen molar-refractivity contribution in [2.24, 2.45) is 5.41 Å². The van der Waals surface area contributed by atoms with E-state index in [1.165, 1.54) is 12.1 Å². The topological polar surface area (TPSA) is 29.5 Å². The van der Waals surface area contributed by atoms with Crippen LogP contribution in [0.15, 0.2) is 24.3 Å². The highest BCUT2D eigenvalue weighted by Gasteiger charge is 2.39. The zero-order valence-corrected chi connectivity index (χ0v) is 10.3. The van der Waals surface area contributed by atoms with Gasteiger partial charge >= 0.3 is 0 Å². The smallest absolute Gasteiger partial charge is 0.126 e. The van der Waals surface area contributed by atoms with Crippen LogP contribution in [-0.2, 0) is 0 Å². The number of hydrogen-bond acceptors (Lipinski definition) is 2. The molecule has 17 heavy (non-hydrogen) atoms. The molecule has 0 bridgehead atoms. The molecule has 0 radical (unpaired) electrons. The zero-order valence-electron chi connectivity index (χ0n) is 10.3. The lowest BCUT2D eigenvalue weighted by Gasteiger charge is -2.40. The fraction of sp³-hybridized carbons (Fsp3) is 0.571. The second-order valence-electron chi connectivity index (χ2n) is 5.44. The van der Waals surface area contributed by atoms with Crippen molar-refractivity contribution in [3.05, 3.63) is 30.1 Å². The molecule has 1 N–H and O–H groups in total. The van der Waals surface area contributed by atoms with Crippen LogP contribution in [0.2, 0.25) is 0 Å². The maximum Gasteiger partial charge on any atom is 0.126 e. The second kappa shape index (κ2) is 4.65. The van der Waals surface area contributed by atoms with Gasteiger partial charge in [0.1, 0.15) is 17.7 Å².